The topological polar surface area (TPSA) is 493 Å². The summed E-state index contributed by atoms with van der Waals surface area (Å²) in [5, 5.41) is 28.1. The number of hydrogen-bond donors (Lipinski definition) is 13. The van der Waals surface area contributed by atoms with Crippen LogP contribution in [0.25, 0.3) is 75.3 Å². The lowest BCUT2D eigenvalue weighted by Crippen LogP contribution is -2.20. The number of nitrogens with zero attached hydrogens (tertiary/aromatic N) is 10. The van der Waals surface area contributed by atoms with Gasteiger partial charge in [-0.1, -0.05) is 151 Å². The molecule has 24 rings (SSSR count). The summed E-state index contributed by atoms with van der Waals surface area (Å²) in [6.07, 6.45) is 9.92. The van der Waals surface area contributed by atoms with Gasteiger partial charge in [-0.05, 0) is 312 Å². The van der Waals surface area contributed by atoms with Crippen LogP contribution in [0.1, 0.15) is 138 Å². The van der Waals surface area contributed by atoms with Gasteiger partial charge in [0, 0.05) is 138 Å². The van der Waals surface area contributed by atoms with Crippen molar-refractivity contribution in [2.75, 3.05) is 40.5 Å². The van der Waals surface area contributed by atoms with E-state index in [2.05, 4.69) is 184 Å². The molecule has 23 N–H and O–H groups in total. The number of primary amides is 1. The Hall–Kier alpha value is -16.9. The summed E-state index contributed by atoms with van der Waals surface area (Å²) in [6, 6.07) is 76.6. The molecule has 0 saturated carbocycles. The number of aromatic amines is 1. The van der Waals surface area contributed by atoms with Crippen LogP contribution < -0.4 is 68.0 Å². The molecule has 141 heavy (non-hydrogen) atoms. The lowest BCUT2D eigenvalue weighted by atomic mass is 10.0. The fourth-order valence-electron chi connectivity index (χ4n) is 15.6. The van der Waals surface area contributed by atoms with Crippen LogP contribution in [-0.2, 0) is 48.9 Å². The maximum atomic E-state index is 11.1. The molecule has 0 radical (unpaired) electrons. The van der Waals surface area contributed by atoms with E-state index in [9.17, 15) is 9.59 Å². The molecule has 5 aliphatic rings. The summed E-state index contributed by atoms with van der Waals surface area (Å²) in [7, 11) is 0. The van der Waals surface area contributed by atoms with E-state index in [0.29, 0.717) is 78.5 Å². The number of aliphatic imine (C=N–C) groups is 1. The minimum Gasteiger partial charge on any atom is -0.389 e. The number of nitrogens with two attached hydrogens (primary N) is 10. The van der Waals surface area contributed by atoms with Crippen molar-refractivity contribution >= 4 is 163 Å². The molecule has 5 aliphatic heterocycles. The second-order valence-electron chi connectivity index (χ2n) is 34.4. The summed E-state index contributed by atoms with van der Waals surface area (Å²) in [4.78, 5) is 59.8. The van der Waals surface area contributed by atoms with Gasteiger partial charge in [0.2, 0.25) is 5.91 Å². The van der Waals surface area contributed by atoms with Gasteiger partial charge in [0.05, 0.1) is 16.6 Å². The lowest BCUT2D eigenvalue weighted by molar-refractivity contribution is 0.0963. The third-order valence-electron chi connectivity index (χ3n) is 23.3. The number of oxime groups is 2. The van der Waals surface area contributed by atoms with E-state index in [1.807, 2.05) is 189 Å². The Balaban J connectivity index is 0.000000130. The zero-order valence-electron chi connectivity index (χ0n) is 80.8. The fraction of sp³-hybridized carbons (Fsp3) is 0.171. The maximum Gasteiger partial charge on any atom is 0.251 e. The summed E-state index contributed by atoms with van der Waals surface area (Å²) in [6.45, 7) is 28.3. The smallest absolute Gasteiger partial charge is 0.251 e. The molecular weight excluding hydrogens is 1800 g/mol. The lowest BCUT2D eigenvalue weighted by Gasteiger charge is -2.13. The third-order valence-corrected chi connectivity index (χ3v) is 24.5. The zero-order chi connectivity index (χ0) is 101. The normalized spacial score (nSPS) is 12.1. The number of amidine groups is 3. The predicted molar refractivity (Wildman–Crippen MR) is 578 cm³/mol. The van der Waals surface area contributed by atoms with E-state index in [4.69, 9.17) is 83.1 Å². The molecule has 0 aliphatic carbocycles. The van der Waals surface area contributed by atoms with E-state index in [1.165, 1.54) is 84.6 Å². The minimum absolute atomic E-state index is 0.0590. The van der Waals surface area contributed by atoms with Gasteiger partial charge < -0.3 is 87.2 Å². The molecule has 0 fully saturated rings. The average Bonchev–Trinajstić information content (AvgIpc) is 1.77. The van der Waals surface area contributed by atoms with Crippen LogP contribution in [0, 0.1) is 83.1 Å². The molecule has 13 heterocycles. The molecule has 28 nitrogen and oxygen atoms in total. The molecule has 0 saturated heterocycles. The number of H-pyrrole nitrogens is 1. The Morgan fingerprint density at radius 2 is 0.972 bits per heavy atom. The first-order chi connectivity index (χ1) is 67.7. The first-order valence-electron chi connectivity index (χ1n) is 45.5. The quantitative estimate of drug-likeness (QED) is 0.0764. The van der Waals surface area contributed by atoms with E-state index >= 15 is 0 Å². The summed E-state index contributed by atoms with van der Waals surface area (Å²) in [5.74, 6) is 3.96. The van der Waals surface area contributed by atoms with Crippen LogP contribution in [0.4, 0.5) is 34.8 Å². The van der Waals surface area contributed by atoms with Gasteiger partial charge in [-0.25, -0.2) is 24.9 Å². The third kappa shape index (κ3) is 26.9. The zero-order valence-corrected chi connectivity index (χ0v) is 82.4. The maximum absolute atomic E-state index is 11.1. The number of benzene rings is 11. The van der Waals surface area contributed by atoms with Gasteiger partial charge in [-0.3, -0.25) is 14.6 Å². The molecule has 8 aromatic heterocycles. The number of aromatic nitrogens is 8. The molecule has 0 bridgehead atoms. The monoisotopic (exact) mass is 1920 g/mol. The van der Waals surface area contributed by atoms with Crippen molar-refractivity contribution in [1.82, 2.24) is 44.8 Å². The molecule has 30 heteroatoms. The highest BCUT2D eigenvalue weighted by atomic mass is 35.5. The number of nitrogen functional groups attached to an aromatic ring is 5. The van der Waals surface area contributed by atoms with Gasteiger partial charge in [0.25, 0.3) is 5.91 Å². The first kappa shape index (κ1) is 102. The summed E-state index contributed by atoms with van der Waals surface area (Å²) >= 11 is 7.43. The SMILES string of the molecule is Cc1cc2c(N)nccc2cc1C(N)=O.Cc1cc2c(N)nccc2cc1CN.Cc1cc2c(N)nccc2cc1Cl.Cc1ccc2c(c1)C(=O)NC2.Cc1ccc2c(c1)C(N)=NC2.Cc1ccc2c(c1)C(N)=NOC2.Cc1ccc2c(c1)CON=C2N.Cc1ccc2c(c1)NCC2.Cc1ccc2cc[nH]c2c1.Cc1ccc2cccnc2n1.Cc1ccc2onc(N)c2c1.Cc1ccc2snc(N)c2c1. The summed E-state index contributed by atoms with van der Waals surface area (Å²) in [5.41, 5.74) is 85.8. The van der Waals surface area contributed by atoms with E-state index in [1.54, 1.807) is 36.9 Å². The largest absolute Gasteiger partial charge is 0.389 e. The molecule has 0 atom stereocenters. The van der Waals surface area contributed by atoms with E-state index < -0.39 is 5.91 Å². The Labute approximate surface area is 827 Å². The van der Waals surface area contributed by atoms with Crippen molar-refractivity contribution in [3.63, 3.8) is 0 Å². The number of fused-ring (bicyclic) bond motifs is 12. The average molecular weight is 1920 g/mol. The molecular formula is C111H116ClN23O5S. The molecule has 19 aromatic rings. The Morgan fingerprint density at radius 1 is 0.433 bits per heavy atom. The van der Waals surface area contributed by atoms with Crippen LogP contribution in [0.15, 0.2) is 281 Å². The highest BCUT2D eigenvalue weighted by Crippen LogP contribution is 2.31. The number of rotatable bonds is 2. The standard InChI is InChI=1S/C11H11N3O.C11H13N3.C10H9ClN2.2C9H10N2O.C9H10N2.C9H8N2.C9H9NO.C9H11N.C9H9N.C8H8N2O.C8H8N2S/c1-6-4-9-7(2-3-14-10(9)12)5-8(6)11(13)15;1-7-4-10-8(5-9(7)6-12)2-3-14-11(10)13;1-6-4-8-7(5-9(6)11)2-3-13-10(8)12;1-6-2-3-8-7(4-6)5-12-11-9(8)10;1-6-2-3-7-5-12-11-9(10)8(7)4-6;1-6-2-3-7-5-11-9(10)8(7)4-6;1-7-4-5-8-3-2-6-10-9(8)11-7;1-6-2-3-7-5-10-9(11)8(7)4-6;2*1-7-2-3-8-4-5-10-9(8)6-7;2*1-5-2-3-7-6(4-5)8(9)10-11-7/h2-5H,1H3,(H2,12,14)(H2,13,15);2-5H,6,12H2,1H3,(H2,13,14);2-5H,1H3,(H2,12,13);2*2-4H,5H2,1H3,(H2,10,11);2-4H,5H2,1H3,(H2,10,11);2-6H,1H3;2-4H,5H2,1H3,(H,10,11);2-3,6,10H,4-5H2,1H3;2-6,10H,1H3;2*2-4H,1H3,(H2,9,10). The van der Waals surface area contributed by atoms with E-state index in [-0.39, 0.29) is 5.91 Å². The number of aryl methyl sites for hydroxylation is 12. The highest BCUT2D eigenvalue weighted by molar-refractivity contribution is 7.13. The van der Waals surface area contributed by atoms with Crippen molar-refractivity contribution < 1.29 is 23.8 Å². The number of anilines is 6. The molecule has 11 aromatic carbocycles. The van der Waals surface area contributed by atoms with E-state index in [0.717, 1.165) is 155 Å². The molecule has 0 spiro atoms. The highest BCUT2D eigenvalue weighted by Gasteiger charge is 2.20. The summed E-state index contributed by atoms with van der Waals surface area (Å²) < 4.78 is 10.1. The Bertz CT molecular complexity index is 7780. The van der Waals surface area contributed by atoms with Gasteiger partial charge in [0.15, 0.2) is 28.7 Å². The number of nitrogens with one attached hydrogen (secondary N) is 3. The van der Waals surface area contributed by atoms with Crippen LogP contribution in [-0.4, -0.2) is 75.3 Å². The second kappa shape index (κ2) is 47.2. The van der Waals surface area contributed by atoms with Crippen molar-refractivity contribution in [1.29, 1.82) is 0 Å². The van der Waals surface area contributed by atoms with Gasteiger partial charge >= 0.3 is 0 Å². The first-order valence-corrected chi connectivity index (χ1v) is 46.6. The Morgan fingerprint density at radius 3 is 1.65 bits per heavy atom. The number of hydrogen-bond acceptors (Lipinski definition) is 26. The molecule has 718 valence electrons. The van der Waals surface area contributed by atoms with Crippen LogP contribution in [0.2, 0.25) is 5.02 Å². The number of halogens is 1. The number of carbonyl (C=O) groups is 2. The Kier molecular flexibility index (Phi) is 34.0. The van der Waals surface area contributed by atoms with Crippen LogP contribution in [0.3, 0.4) is 0 Å². The molecule has 2 amide bonds. The van der Waals surface area contributed by atoms with Gasteiger partial charge in [-0.2, -0.15) is 4.37 Å². The van der Waals surface area contributed by atoms with Crippen molar-refractivity contribution in [2.24, 2.45) is 44.0 Å². The van der Waals surface area contributed by atoms with Crippen LogP contribution >= 0.6 is 23.1 Å². The second-order valence-corrected chi connectivity index (χ2v) is 35.6. The minimum atomic E-state index is -0.426. The fourth-order valence-corrected chi connectivity index (χ4v) is 16.4. The van der Waals surface area contributed by atoms with Crippen LogP contribution in [0.5, 0.6) is 0 Å². The number of amides is 2. The van der Waals surface area contributed by atoms with Crippen molar-refractivity contribution in [2.45, 2.75) is 122 Å². The number of carbonyl (C=O) groups excluding carboxylic acids is 2. The predicted octanol–water partition coefficient (Wildman–Crippen LogP) is 20.6. The van der Waals surface area contributed by atoms with Gasteiger partial charge in [-0.15, -0.1) is 0 Å². The molecule has 0 unspecified atom stereocenters. The van der Waals surface area contributed by atoms with Crippen molar-refractivity contribution in [3.05, 3.63) is 395 Å². The van der Waals surface area contributed by atoms with Crippen molar-refractivity contribution in [3.8, 4) is 0 Å². The number of pyridine rings is 5. The van der Waals surface area contributed by atoms with Gasteiger partial charge in [0.1, 0.15) is 42.3 Å².